The van der Waals surface area contributed by atoms with Crippen molar-refractivity contribution in [2.45, 2.75) is 19.9 Å². The van der Waals surface area contributed by atoms with Crippen molar-refractivity contribution in [3.8, 4) is 11.5 Å². The lowest BCUT2D eigenvalue weighted by Gasteiger charge is -2.12. The van der Waals surface area contributed by atoms with Gasteiger partial charge in [0.2, 0.25) is 5.91 Å². The second-order valence-corrected chi connectivity index (χ2v) is 5.98. The van der Waals surface area contributed by atoms with E-state index in [2.05, 4.69) is 10.6 Å². The predicted octanol–water partition coefficient (Wildman–Crippen LogP) is 2.44. The number of carbonyl (C=O) groups excluding carboxylic acids is 2. The van der Waals surface area contributed by atoms with E-state index in [9.17, 15) is 19.7 Å². The van der Waals surface area contributed by atoms with Gasteiger partial charge in [-0.05, 0) is 12.5 Å². The highest BCUT2D eigenvalue weighted by molar-refractivity contribution is 5.99. The standard InChI is InChI=1S/C20H23N3O6/c1-3-29-18-11-15(16(23(26)27)12-17(18)28-2)20(25)21-10-9-19(24)22-13-14-7-5-4-6-8-14/h4-8,11-12H,3,9-10,13H2,1-2H3,(H,21,25)(H,22,24). The van der Waals surface area contributed by atoms with Crippen LogP contribution in [0.25, 0.3) is 0 Å². The van der Waals surface area contributed by atoms with E-state index in [1.807, 2.05) is 30.3 Å². The molecule has 9 nitrogen and oxygen atoms in total. The fourth-order valence-electron chi connectivity index (χ4n) is 2.58. The van der Waals surface area contributed by atoms with Crippen molar-refractivity contribution in [3.63, 3.8) is 0 Å². The number of benzene rings is 2. The molecule has 2 N–H and O–H groups in total. The number of ether oxygens (including phenoxy) is 2. The van der Waals surface area contributed by atoms with Crippen molar-refractivity contribution in [1.82, 2.24) is 10.6 Å². The largest absolute Gasteiger partial charge is 0.493 e. The quantitative estimate of drug-likeness (QED) is 0.466. The summed E-state index contributed by atoms with van der Waals surface area (Å²) in [6.07, 6.45) is 0.0425. The average Bonchev–Trinajstić information content (AvgIpc) is 2.72. The summed E-state index contributed by atoms with van der Waals surface area (Å²) in [6, 6.07) is 11.8. The minimum Gasteiger partial charge on any atom is -0.493 e. The number of nitro benzene ring substituents is 1. The third-order valence-corrected chi connectivity index (χ3v) is 3.99. The molecule has 0 bridgehead atoms. The van der Waals surface area contributed by atoms with Crippen LogP contribution in [-0.4, -0.2) is 37.0 Å². The van der Waals surface area contributed by atoms with E-state index in [0.29, 0.717) is 13.2 Å². The van der Waals surface area contributed by atoms with Gasteiger partial charge in [-0.1, -0.05) is 30.3 Å². The maximum Gasteiger partial charge on any atom is 0.286 e. The van der Waals surface area contributed by atoms with Gasteiger partial charge in [0, 0.05) is 25.6 Å². The van der Waals surface area contributed by atoms with Crippen LogP contribution in [0, 0.1) is 10.1 Å². The van der Waals surface area contributed by atoms with E-state index in [-0.39, 0.29) is 35.9 Å². The van der Waals surface area contributed by atoms with Crippen LogP contribution in [0.2, 0.25) is 0 Å². The van der Waals surface area contributed by atoms with Crippen LogP contribution >= 0.6 is 0 Å². The first-order valence-corrected chi connectivity index (χ1v) is 9.04. The Hall–Kier alpha value is -3.62. The second kappa shape index (κ2) is 10.6. The fraction of sp³-hybridized carbons (Fsp3) is 0.300. The van der Waals surface area contributed by atoms with Gasteiger partial charge < -0.3 is 20.1 Å². The summed E-state index contributed by atoms with van der Waals surface area (Å²) in [5.74, 6) is -0.522. The Morgan fingerprint density at radius 1 is 1.10 bits per heavy atom. The lowest BCUT2D eigenvalue weighted by Crippen LogP contribution is -2.30. The van der Waals surface area contributed by atoms with E-state index in [0.717, 1.165) is 11.6 Å². The van der Waals surface area contributed by atoms with E-state index < -0.39 is 16.5 Å². The van der Waals surface area contributed by atoms with Crippen LogP contribution in [0.1, 0.15) is 29.3 Å². The first kappa shape index (κ1) is 21.7. The summed E-state index contributed by atoms with van der Waals surface area (Å²) in [4.78, 5) is 35.0. The van der Waals surface area contributed by atoms with Gasteiger partial charge in [0.15, 0.2) is 11.5 Å². The molecule has 2 aromatic rings. The van der Waals surface area contributed by atoms with Crippen molar-refractivity contribution in [2.75, 3.05) is 20.3 Å². The molecule has 2 amide bonds. The molecule has 29 heavy (non-hydrogen) atoms. The number of methoxy groups -OCH3 is 1. The van der Waals surface area contributed by atoms with Gasteiger partial charge in [0.05, 0.1) is 24.7 Å². The number of rotatable bonds is 10. The number of hydrogen-bond donors (Lipinski definition) is 2. The lowest BCUT2D eigenvalue weighted by molar-refractivity contribution is -0.385. The molecule has 0 heterocycles. The minimum absolute atomic E-state index is 0.0343. The van der Waals surface area contributed by atoms with Gasteiger partial charge in [0.1, 0.15) is 5.56 Å². The molecule has 154 valence electrons. The lowest BCUT2D eigenvalue weighted by atomic mass is 10.1. The van der Waals surface area contributed by atoms with Crippen molar-refractivity contribution >= 4 is 17.5 Å². The Balaban J connectivity index is 1.97. The summed E-state index contributed by atoms with van der Waals surface area (Å²) >= 11 is 0. The predicted molar refractivity (Wildman–Crippen MR) is 106 cm³/mol. The Bertz CT molecular complexity index is 870. The smallest absolute Gasteiger partial charge is 0.286 e. The molecule has 9 heteroatoms. The second-order valence-electron chi connectivity index (χ2n) is 5.98. The maximum absolute atomic E-state index is 12.4. The summed E-state index contributed by atoms with van der Waals surface area (Å²) in [7, 11) is 1.36. The highest BCUT2D eigenvalue weighted by atomic mass is 16.6. The Kier molecular flexibility index (Phi) is 7.96. The molecular formula is C20H23N3O6. The van der Waals surface area contributed by atoms with Crippen molar-refractivity contribution in [2.24, 2.45) is 0 Å². The molecule has 2 rings (SSSR count). The van der Waals surface area contributed by atoms with E-state index in [1.54, 1.807) is 6.92 Å². The zero-order valence-corrected chi connectivity index (χ0v) is 16.3. The van der Waals surface area contributed by atoms with Crippen LogP contribution in [0.15, 0.2) is 42.5 Å². The molecule has 0 fully saturated rings. The maximum atomic E-state index is 12.4. The Labute approximate surface area is 168 Å². The summed E-state index contributed by atoms with van der Waals surface area (Å²) in [5, 5.41) is 16.6. The summed E-state index contributed by atoms with van der Waals surface area (Å²) in [6.45, 7) is 2.47. The molecular weight excluding hydrogens is 378 g/mol. The third-order valence-electron chi connectivity index (χ3n) is 3.99. The van der Waals surface area contributed by atoms with E-state index in [4.69, 9.17) is 9.47 Å². The van der Waals surface area contributed by atoms with Gasteiger partial charge in [-0.2, -0.15) is 0 Å². The highest BCUT2D eigenvalue weighted by Crippen LogP contribution is 2.34. The highest BCUT2D eigenvalue weighted by Gasteiger charge is 2.24. The minimum atomic E-state index is -0.670. The van der Waals surface area contributed by atoms with Crippen LogP contribution in [0.3, 0.4) is 0 Å². The molecule has 0 aliphatic carbocycles. The van der Waals surface area contributed by atoms with Crippen LogP contribution < -0.4 is 20.1 Å². The van der Waals surface area contributed by atoms with Crippen LogP contribution in [0.5, 0.6) is 11.5 Å². The van der Waals surface area contributed by atoms with Gasteiger partial charge >= 0.3 is 0 Å². The number of nitrogens with one attached hydrogen (secondary N) is 2. The van der Waals surface area contributed by atoms with Gasteiger partial charge in [-0.3, -0.25) is 19.7 Å². The molecule has 0 saturated carbocycles. The molecule has 0 aromatic heterocycles. The number of amides is 2. The molecule has 0 saturated heterocycles. The fourth-order valence-corrected chi connectivity index (χ4v) is 2.58. The number of carbonyl (C=O) groups is 2. The van der Waals surface area contributed by atoms with Crippen molar-refractivity contribution in [3.05, 3.63) is 63.7 Å². The first-order valence-electron chi connectivity index (χ1n) is 9.04. The van der Waals surface area contributed by atoms with Crippen molar-refractivity contribution in [1.29, 1.82) is 0 Å². The average molecular weight is 401 g/mol. The topological polar surface area (TPSA) is 120 Å². The van der Waals surface area contributed by atoms with Crippen LogP contribution in [0.4, 0.5) is 5.69 Å². The van der Waals surface area contributed by atoms with Gasteiger partial charge in [0.25, 0.3) is 11.6 Å². The zero-order valence-electron chi connectivity index (χ0n) is 16.3. The van der Waals surface area contributed by atoms with E-state index >= 15 is 0 Å². The normalized spacial score (nSPS) is 10.1. The molecule has 0 spiro atoms. The summed E-state index contributed by atoms with van der Waals surface area (Å²) in [5.41, 5.74) is 0.391. The number of nitro groups is 1. The third kappa shape index (κ3) is 6.20. The first-order chi connectivity index (χ1) is 14.0. The summed E-state index contributed by atoms with van der Waals surface area (Å²) < 4.78 is 10.5. The SMILES string of the molecule is CCOc1cc(C(=O)NCCC(=O)NCc2ccccc2)c([N+](=O)[O-])cc1OC. The molecule has 0 radical (unpaired) electrons. The number of hydrogen-bond acceptors (Lipinski definition) is 6. The molecule has 0 atom stereocenters. The zero-order chi connectivity index (χ0) is 21.2. The Morgan fingerprint density at radius 2 is 1.83 bits per heavy atom. The molecule has 0 aliphatic heterocycles. The van der Waals surface area contributed by atoms with E-state index in [1.165, 1.54) is 13.2 Å². The monoisotopic (exact) mass is 401 g/mol. The van der Waals surface area contributed by atoms with Gasteiger partial charge in [-0.25, -0.2) is 0 Å². The van der Waals surface area contributed by atoms with Crippen LogP contribution in [-0.2, 0) is 11.3 Å². The Morgan fingerprint density at radius 3 is 2.45 bits per heavy atom. The molecule has 0 aliphatic rings. The van der Waals surface area contributed by atoms with Crippen molar-refractivity contribution < 1.29 is 24.0 Å². The van der Waals surface area contributed by atoms with Gasteiger partial charge in [-0.15, -0.1) is 0 Å². The number of nitrogens with zero attached hydrogens (tertiary/aromatic N) is 1. The molecule has 0 unspecified atom stereocenters. The molecule has 2 aromatic carbocycles.